The molecule has 1 N–H and O–H groups in total. The van der Waals surface area contributed by atoms with Crippen LogP contribution in [0.25, 0.3) is 11.4 Å². The van der Waals surface area contributed by atoms with Crippen molar-refractivity contribution >= 4 is 51.3 Å². The van der Waals surface area contributed by atoms with Gasteiger partial charge in [-0.2, -0.15) is 0 Å². The molecule has 35 heavy (non-hydrogen) atoms. The van der Waals surface area contributed by atoms with Crippen LogP contribution in [0.3, 0.4) is 0 Å². The molecule has 3 heterocycles. The number of carbonyl (C=O) groups excluding carboxylic acids is 2. The predicted octanol–water partition coefficient (Wildman–Crippen LogP) is 6.30. The number of anilines is 1. The fourth-order valence-corrected chi connectivity index (χ4v) is 7.46. The number of hydrogen-bond acceptors (Lipinski definition) is 8. The number of thioether (sulfide) groups is 1. The van der Waals surface area contributed by atoms with Crippen molar-refractivity contribution in [1.82, 2.24) is 14.8 Å². The monoisotopic (exact) mass is 532 g/mol. The Morgan fingerprint density at radius 3 is 2.74 bits per heavy atom. The molecule has 3 aromatic rings. The number of hydrogen-bond donors (Lipinski definition) is 1. The van der Waals surface area contributed by atoms with Crippen LogP contribution in [0.1, 0.15) is 71.4 Å². The molecule has 188 valence electrons. The molecular weight excluding hydrogens is 501 g/mol. The highest BCUT2D eigenvalue weighted by Crippen LogP contribution is 2.40. The number of fused-ring (bicyclic) bond motifs is 1. The summed E-state index contributed by atoms with van der Waals surface area (Å²) >= 11 is 4.57. The normalized spacial score (nSPS) is 15.3. The minimum atomic E-state index is -0.354. The fourth-order valence-electron chi connectivity index (χ4n) is 4.31. The Labute approximate surface area is 218 Å². The van der Waals surface area contributed by atoms with Gasteiger partial charge in [-0.3, -0.25) is 9.36 Å². The molecule has 1 aliphatic rings. The third-order valence-electron chi connectivity index (χ3n) is 6.28. The van der Waals surface area contributed by atoms with Crippen LogP contribution in [0.5, 0.6) is 0 Å². The first kappa shape index (κ1) is 25.9. The Bertz CT molecular complexity index is 1240. The maximum Gasteiger partial charge on any atom is 0.341 e. The van der Waals surface area contributed by atoms with Crippen molar-refractivity contribution in [2.45, 2.75) is 72.0 Å². The number of aryl methyl sites for hydroxylation is 1. The molecule has 1 unspecified atom stereocenters. The van der Waals surface area contributed by atoms with E-state index in [1.165, 1.54) is 38.4 Å². The maximum absolute atomic E-state index is 13.0. The van der Waals surface area contributed by atoms with Gasteiger partial charge in [-0.25, -0.2) is 4.79 Å². The molecule has 0 fully saturated rings. The first-order valence-corrected chi connectivity index (χ1v) is 14.6. The minimum absolute atomic E-state index is 0.145. The molecule has 0 saturated heterocycles. The Morgan fingerprint density at radius 1 is 1.31 bits per heavy atom. The van der Waals surface area contributed by atoms with E-state index < -0.39 is 0 Å². The second-order valence-electron chi connectivity index (χ2n) is 9.21. The molecule has 0 spiro atoms. The molecule has 0 bridgehead atoms. The van der Waals surface area contributed by atoms with Gasteiger partial charge in [0.25, 0.3) is 0 Å². The fraction of sp³-hybridized carbons (Fsp3) is 0.520. The zero-order valence-electron chi connectivity index (χ0n) is 21.1. The first-order valence-electron chi connectivity index (χ1n) is 11.9. The van der Waals surface area contributed by atoms with E-state index in [9.17, 15) is 9.59 Å². The van der Waals surface area contributed by atoms with Crippen LogP contribution >= 0.6 is 34.4 Å². The quantitative estimate of drug-likeness (QED) is 0.271. The summed E-state index contributed by atoms with van der Waals surface area (Å²) in [6.45, 7) is 12.7. The van der Waals surface area contributed by atoms with E-state index in [0.717, 1.165) is 36.2 Å². The van der Waals surface area contributed by atoms with E-state index in [0.29, 0.717) is 28.2 Å². The van der Waals surface area contributed by atoms with Crippen molar-refractivity contribution in [3.8, 4) is 11.4 Å². The summed E-state index contributed by atoms with van der Waals surface area (Å²) in [5, 5.41) is 15.3. The van der Waals surface area contributed by atoms with E-state index in [2.05, 4.69) is 60.1 Å². The van der Waals surface area contributed by atoms with Crippen LogP contribution in [0, 0.1) is 19.8 Å². The molecular formula is C25H32N4O3S3. The molecule has 0 radical (unpaired) electrons. The number of thiophene rings is 2. The summed E-state index contributed by atoms with van der Waals surface area (Å²) in [6.07, 6.45) is 2.81. The first-order chi connectivity index (χ1) is 16.7. The highest BCUT2D eigenvalue weighted by atomic mass is 32.2. The van der Waals surface area contributed by atoms with Gasteiger partial charge in [0.2, 0.25) is 5.91 Å². The molecule has 10 heteroatoms. The zero-order chi connectivity index (χ0) is 25.3. The molecule has 1 amide bonds. The molecule has 0 aromatic carbocycles. The molecule has 7 nitrogen and oxygen atoms in total. The lowest BCUT2D eigenvalue weighted by Gasteiger charge is -2.18. The predicted molar refractivity (Wildman–Crippen MR) is 144 cm³/mol. The van der Waals surface area contributed by atoms with Gasteiger partial charge in [0, 0.05) is 26.7 Å². The van der Waals surface area contributed by atoms with Gasteiger partial charge < -0.3 is 10.1 Å². The third-order valence-corrected chi connectivity index (χ3v) is 9.41. The average Bonchev–Trinajstić information content (AvgIpc) is 3.47. The van der Waals surface area contributed by atoms with Gasteiger partial charge in [0.05, 0.1) is 17.9 Å². The molecule has 1 atom stereocenters. The van der Waals surface area contributed by atoms with Crippen LogP contribution in [-0.2, 0) is 22.4 Å². The third kappa shape index (κ3) is 5.34. The summed E-state index contributed by atoms with van der Waals surface area (Å²) in [7, 11) is 0. The smallest absolute Gasteiger partial charge is 0.341 e. The number of carbonyl (C=O) groups is 2. The van der Waals surface area contributed by atoms with Crippen LogP contribution in [0.2, 0.25) is 0 Å². The summed E-state index contributed by atoms with van der Waals surface area (Å²) in [5.74, 6) is 1.05. The second kappa shape index (κ2) is 10.8. The number of nitrogens with zero attached hydrogens (tertiary/aromatic N) is 3. The number of esters is 1. The highest BCUT2D eigenvalue weighted by Gasteiger charge is 2.29. The lowest BCUT2D eigenvalue weighted by Crippen LogP contribution is -2.18. The molecule has 0 aliphatic heterocycles. The number of aromatic nitrogens is 3. The van der Waals surface area contributed by atoms with Gasteiger partial charge in [-0.05, 0) is 70.9 Å². The number of nitrogens with one attached hydrogen (secondary N) is 1. The maximum atomic E-state index is 13.0. The lowest BCUT2D eigenvalue weighted by molar-refractivity contribution is -0.113. The van der Waals surface area contributed by atoms with Gasteiger partial charge in [-0.15, -0.1) is 32.9 Å². The van der Waals surface area contributed by atoms with E-state index in [1.807, 2.05) is 0 Å². The van der Waals surface area contributed by atoms with Gasteiger partial charge in [0.1, 0.15) is 5.00 Å². The standard InChI is InChI=1S/C25H32N4O3S3/c1-7-32-24(31)21-17-9-8-14(4)10-19(17)35-23(21)26-20(30)12-34-25-28-27-22(29(25)13(2)3)18-11-33-16(6)15(18)5/h11,13-14H,7-10,12H2,1-6H3,(H,26,30). The minimum Gasteiger partial charge on any atom is -0.462 e. The van der Waals surface area contributed by atoms with Gasteiger partial charge >= 0.3 is 5.97 Å². The van der Waals surface area contributed by atoms with Crippen molar-refractivity contribution in [3.63, 3.8) is 0 Å². The van der Waals surface area contributed by atoms with Crippen LogP contribution in [0.15, 0.2) is 10.5 Å². The van der Waals surface area contributed by atoms with Crippen molar-refractivity contribution in [2.75, 3.05) is 17.7 Å². The Hall–Kier alpha value is -2.17. The van der Waals surface area contributed by atoms with Crippen molar-refractivity contribution in [3.05, 3.63) is 31.8 Å². The van der Waals surface area contributed by atoms with Gasteiger partial charge in [-0.1, -0.05) is 18.7 Å². The van der Waals surface area contributed by atoms with Crippen LogP contribution < -0.4 is 5.32 Å². The molecule has 3 aromatic heterocycles. The van der Waals surface area contributed by atoms with Crippen LogP contribution in [-0.4, -0.2) is 39.0 Å². The summed E-state index contributed by atoms with van der Waals surface area (Å²) < 4.78 is 7.40. The van der Waals surface area contributed by atoms with Gasteiger partial charge in [0.15, 0.2) is 11.0 Å². The molecule has 4 rings (SSSR count). The largest absolute Gasteiger partial charge is 0.462 e. The number of rotatable bonds is 8. The summed E-state index contributed by atoms with van der Waals surface area (Å²) in [6, 6.07) is 0.145. The molecule has 1 aliphatic carbocycles. The zero-order valence-corrected chi connectivity index (χ0v) is 23.5. The van der Waals surface area contributed by atoms with Crippen LogP contribution in [0.4, 0.5) is 5.00 Å². The number of ether oxygens (including phenoxy) is 1. The SMILES string of the molecule is CCOC(=O)c1c(NC(=O)CSc2nnc(-c3csc(C)c3C)n2C(C)C)sc2c1CCC(C)C2. The average molecular weight is 533 g/mol. The van der Waals surface area contributed by atoms with Crippen molar-refractivity contribution < 1.29 is 14.3 Å². The lowest BCUT2D eigenvalue weighted by atomic mass is 9.88. The Morgan fingerprint density at radius 2 is 2.09 bits per heavy atom. The van der Waals surface area contributed by atoms with E-state index in [-0.39, 0.29) is 23.7 Å². The van der Waals surface area contributed by atoms with E-state index in [1.54, 1.807) is 18.3 Å². The highest BCUT2D eigenvalue weighted by molar-refractivity contribution is 7.99. The van der Waals surface area contributed by atoms with E-state index >= 15 is 0 Å². The van der Waals surface area contributed by atoms with Crippen molar-refractivity contribution in [1.29, 1.82) is 0 Å². The molecule has 0 saturated carbocycles. The Kier molecular flexibility index (Phi) is 8.02. The summed E-state index contributed by atoms with van der Waals surface area (Å²) in [5.41, 5.74) is 3.87. The van der Waals surface area contributed by atoms with E-state index in [4.69, 9.17) is 4.74 Å². The number of amides is 1. The van der Waals surface area contributed by atoms with Crippen molar-refractivity contribution in [2.24, 2.45) is 5.92 Å². The Balaban J connectivity index is 1.52. The second-order valence-corrected chi connectivity index (χ2v) is 12.3. The topological polar surface area (TPSA) is 86.1 Å². The summed E-state index contributed by atoms with van der Waals surface area (Å²) in [4.78, 5) is 28.2.